The maximum Gasteiger partial charge on any atom is 0.322 e. The van der Waals surface area contributed by atoms with Crippen molar-refractivity contribution in [2.75, 3.05) is 11.9 Å². The van der Waals surface area contributed by atoms with Gasteiger partial charge in [-0.15, -0.1) is 0 Å². The van der Waals surface area contributed by atoms with E-state index in [-0.39, 0.29) is 12.1 Å². The van der Waals surface area contributed by atoms with E-state index in [2.05, 4.69) is 27.6 Å². The predicted octanol–water partition coefficient (Wildman–Crippen LogP) is 3.04. The predicted molar refractivity (Wildman–Crippen MR) is 82.1 cm³/mol. The Morgan fingerprint density at radius 2 is 2.19 bits per heavy atom. The van der Waals surface area contributed by atoms with Gasteiger partial charge in [0.15, 0.2) is 0 Å². The minimum atomic E-state index is -0.0305. The van der Waals surface area contributed by atoms with E-state index in [1.165, 1.54) is 12.0 Å². The SMILES string of the molecule is O=C(Nc1cn[nH]c1)N1CCCC[C@@H]1Cc1ccccc1. The van der Waals surface area contributed by atoms with E-state index >= 15 is 0 Å². The average Bonchev–Trinajstić information content (AvgIpc) is 3.02. The molecule has 5 nitrogen and oxygen atoms in total. The van der Waals surface area contributed by atoms with Crippen LogP contribution < -0.4 is 5.32 Å². The van der Waals surface area contributed by atoms with Crippen LogP contribution in [0.1, 0.15) is 24.8 Å². The zero-order chi connectivity index (χ0) is 14.5. The van der Waals surface area contributed by atoms with Crippen molar-refractivity contribution in [3.8, 4) is 0 Å². The Morgan fingerprint density at radius 3 is 2.95 bits per heavy atom. The van der Waals surface area contributed by atoms with Crippen LogP contribution in [0.5, 0.6) is 0 Å². The van der Waals surface area contributed by atoms with Gasteiger partial charge in [0.1, 0.15) is 0 Å². The molecule has 0 aliphatic carbocycles. The molecule has 2 aromatic rings. The number of aromatic nitrogens is 2. The summed E-state index contributed by atoms with van der Waals surface area (Å²) in [6.07, 6.45) is 7.55. The zero-order valence-corrected chi connectivity index (χ0v) is 12.0. The lowest BCUT2D eigenvalue weighted by Crippen LogP contribution is -2.46. The molecule has 1 aromatic carbocycles. The van der Waals surface area contributed by atoms with Crippen LogP contribution in [0.2, 0.25) is 0 Å². The van der Waals surface area contributed by atoms with Gasteiger partial charge in [0.25, 0.3) is 0 Å². The summed E-state index contributed by atoms with van der Waals surface area (Å²) in [7, 11) is 0. The first-order chi connectivity index (χ1) is 10.3. The van der Waals surface area contributed by atoms with Gasteiger partial charge in [-0.2, -0.15) is 5.10 Å². The summed E-state index contributed by atoms with van der Waals surface area (Å²) >= 11 is 0. The first kappa shape index (κ1) is 13.7. The molecular formula is C16H20N4O. The van der Waals surface area contributed by atoms with Crippen LogP contribution in [0.15, 0.2) is 42.7 Å². The lowest BCUT2D eigenvalue weighted by Gasteiger charge is -2.35. The second kappa shape index (κ2) is 6.43. The van der Waals surface area contributed by atoms with Gasteiger partial charge in [-0.05, 0) is 31.2 Å². The summed E-state index contributed by atoms with van der Waals surface area (Å²) < 4.78 is 0. The second-order valence-electron chi connectivity index (χ2n) is 5.45. The van der Waals surface area contributed by atoms with Crippen molar-refractivity contribution >= 4 is 11.7 Å². The molecule has 3 rings (SSSR count). The molecule has 1 aliphatic rings. The lowest BCUT2D eigenvalue weighted by molar-refractivity contribution is 0.162. The lowest BCUT2D eigenvalue weighted by atomic mass is 9.96. The molecule has 0 spiro atoms. The Hall–Kier alpha value is -2.30. The highest BCUT2D eigenvalue weighted by Crippen LogP contribution is 2.21. The maximum absolute atomic E-state index is 12.4. The second-order valence-corrected chi connectivity index (χ2v) is 5.45. The number of likely N-dealkylation sites (tertiary alicyclic amines) is 1. The number of carbonyl (C=O) groups excluding carboxylic acids is 1. The van der Waals surface area contributed by atoms with Crippen LogP contribution in [-0.4, -0.2) is 33.7 Å². The Labute approximate surface area is 124 Å². The molecule has 1 aromatic heterocycles. The van der Waals surface area contributed by atoms with Crippen LogP contribution >= 0.6 is 0 Å². The third-order valence-electron chi connectivity index (χ3n) is 3.95. The fourth-order valence-corrected chi connectivity index (χ4v) is 2.88. The molecule has 21 heavy (non-hydrogen) atoms. The van der Waals surface area contributed by atoms with E-state index in [4.69, 9.17) is 0 Å². The molecule has 2 N–H and O–H groups in total. The monoisotopic (exact) mass is 284 g/mol. The summed E-state index contributed by atoms with van der Waals surface area (Å²) in [5, 5.41) is 9.46. The molecule has 2 amide bonds. The molecule has 5 heteroatoms. The number of benzene rings is 1. The van der Waals surface area contributed by atoms with E-state index in [9.17, 15) is 4.79 Å². The van der Waals surface area contributed by atoms with Crippen molar-refractivity contribution in [1.29, 1.82) is 0 Å². The number of urea groups is 1. The van der Waals surface area contributed by atoms with Crippen LogP contribution in [0.25, 0.3) is 0 Å². The van der Waals surface area contributed by atoms with Crippen LogP contribution in [0, 0.1) is 0 Å². The number of anilines is 1. The quantitative estimate of drug-likeness (QED) is 0.910. The van der Waals surface area contributed by atoms with Gasteiger partial charge >= 0.3 is 6.03 Å². The van der Waals surface area contributed by atoms with E-state index in [1.807, 2.05) is 23.1 Å². The molecule has 110 valence electrons. The fourth-order valence-electron chi connectivity index (χ4n) is 2.88. The molecule has 1 fully saturated rings. The minimum absolute atomic E-state index is 0.0305. The first-order valence-electron chi connectivity index (χ1n) is 7.43. The maximum atomic E-state index is 12.4. The van der Waals surface area contributed by atoms with Gasteiger partial charge in [-0.25, -0.2) is 4.79 Å². The van der Waals surface area contributed by atoms with Gasteiger partial charge < -0.3 is 10.2 Å². The van der Waals surface area contributed by atoms with E-state index in [0.29, 0.717) is 5.69 Å². The minimum Gasteiger partial charge on any atom is -0.321 e. The number of carbonyl (C=O) groups is 1. The van der Waals surface area contributed by atoms with Gasteiger partial charge in [-0.1, -0.05) is 30.3 Å². The number of rotatable bonds is 3. The standard InChI is InChI=1S/C16H20N4O/c21-16(19-14-11-17-18-12-14)20-9-5-4-8-15(20)10-13-6-2-1-3-7-13/h1-3,6-7,11-12,15H,4-5,8-10H2,(H,17,18)(H,19,21)/t15-/m1/s1. The summed E-state index contributed by atoms with van der Waals surface area (Å²) in [5.74, 6) is 0. The zero-order valence-electron chi connectivity index (χ0n) is 12.0. The normalized spacial score (nSPS) is 18.5. The third-order valence-corrected chi connectivity index (χ3v) is 3.95. The number of aromatic amines is 1. The van der Waals surface area contributed by atoms with E-state index < -0.39 is 0 Å². The molecular weight excluding hydrogens is 264 g/mol. The smallest absolute Gasteiger partial charge is 0.321 e. The topological polar surface area (TPSA) is 61.0 Å². The van der Waals surface area contributed by atoms with Gasteiger partial charge in [0.05, 0.1) is 11.9 Å². The number of amides is 2. The Bertz CT molecular complexity index is 567. The van der Waals surface area contributed by atoms with Gasteiger partial charge in [-0.3, -0.25) is 5.10 Å². The third kappa shape index (κ3) is 3.42. The van der Waals surface area contributed by atoms with Gasteiger partial charge in [0.2, 0.25) is 0 Å². The Kier molecular flexibility index (Phi) is 4.19. The summed E-state index contributed by atoms with van der Waals surface area (Å²) in [5.41, 5.74) is 1.99. The summed E-state index contributed by atoms with van der Waals surface area (Å²) in [4.78, 5) is 14.4. The fraction of sp³-hybridized carbons (Fsp3) is 0.375. The molecule has 1 saturated heterocycles. The number of nitrogens with one attached hydrogen (secondary N) is 2. The average molecular weight is 284 g/mol. The molecule has 0 radical (unpaired) electrons. The molecule has 0 bridgehead atoms. The van der Waals surface area contributed by atoms with Crippen molar-refractivity contribution in [2.45, 2.75) is 31.7 Å². The largest absolute Gasteiger partial charge is 0.322 e. The number of piperidine rings is 1. The van der Waals surface area contributed by atoms with Crippen molar-refractivity contribution in [3.05, 3.63) is 48.3 Å². The Balaban J connectivity index is 1.67. The van der Waals surface area contributed by atoms with Crippen LogP contribution in [-0.2, 0) is 6.42 Å². The number of hydrogen-bond acceptors (Lipinski definition) is 2. The van der Waals surface area contributed by atoms with Crippen molar-refractivity contribution < 1.29 is 4.79 Å². The number of H-pyrrole nitrogens is 1. The summed E-state index contributed by atoms with van der Waals surface area (Å²) in [6.45, 7) is 0.821. The molecule has 1 atom stereocenters. The van der Waals surface area contributed by atoms with E-state index in [0.717, 1.165) is 25.8 Å². The van der Waals surface area contributed by atoms with Gasteiger partial charge in [0, 0.05) is 18.8 Å². The molecule has 1 aliphatic heterocycles. The van der Waals surface area contributed by atoms with E-state index in [1.54, 1.807) is 12.4 Å². The van der Waals surface area contributed by atoms with Crippen molar-refractivity contribution in [2.24, 2.45) is 0 Å². The highest BCUT2D eigenvalue weighted by atomic mass is 16.2. The van der Waals surface area contributed by atoms with Crippen LogP contribution in [0.3, 0.4) is 0 Å². The molecule has 0 unspecified atom stereocenters. The van der Waals surface area contributed by atoms with Crippen molar-refractivity contribution in [3.63, 3.8) is 0 Å². The highest BCUT2D eigenvalue weighted by molar-refractivity contribution is 5.89. The first-order valence-corrected chi connectivity index (χ1v) is 7.43. The number of hydrogen-bond donors (Lipinski definition) is 2. The van der Waals surface area contributed by atoms with Crippen molar-refractivity contribution in [1.82, 2.24) is 15.1 Å². The Morgan fingerprint density at radius 1 is 1.33 bits per heavy atom. The number of nitrogens with zero attached hydrogens (tertiary/aromatic N) is 2. The summed E-state index contributed by atoms with van der Waals surface area (Å²) in [6, 6.07) is 10.6. The molecule has 2 heterocycles. The van der Waals surface area contributed by atoms with Crippen LogP contribution in [0.4, 0.5) is 10.5 Å². The highest BCUT2D eigenvalue weighted by Gasteiger charge is 2.26. The molecule has 0 saturated carbocycles.